The maximum atomic E-state index is 13.6. The predicted octanol–water partition coefficient (Wildman–Crippen LogP) is 15.9. The van der Waals surface area contributed by atoms with Gasteiger partial charge in [-0.25, -0.2) is 28.1 Å². The molecule has 75 heavy (non-hydrogen) atoms. The molecule has 0 bridgehead atoms. The van der Waals surface area contributed by atoms with E-state index in [4.69, 9.17) is 14.2 Å². The molecular weight excluding hydrogens is 943 g/mol. The van der Waals surface area contributed by atoms with Gasteiger partial charge in [0.05, 0.1) is 19.6 Å². The number of nitrogens with zero attached hydrogens (tertiary/aromatic N) is 3. The molecule has 0 aliphatic carbocycles. The molecule has 1 aromatic rings. The molecule has 0 spiro atoms. The Kier molecular flexibility index (Phi) is 48.0. The third-order valence-corrected chi connectivity index (χ3v) is 14.3. The fourth-order valence-corrected chi connectivity index (χ4v) is 9.62. The normalized spacial score (nSPS) is 11.7. The lowest BCUT2D eigenvalue weighted by atomic mass is 10.0. The molecule has 0 radical (unpaired) electrons. The summed E-state index contributed by atoms with van der Waals surface area (Å²) in [6, 6.07) is 0. The molecule has 432 valence electrons. The first-order chi connectivity index (χ1) is 36.8. The first kappa shape index (κ1) is 69.1. The van der Waals surface area contributed by atoms with Crippen LogP contribution in [0.1, 0.15) is 290 Å². The molecule has 12 heteroatoms. The van der Waals surface area contributed by atoms with Crippen molar-refractivity contribution in [2.45, 2.75) is 310 Å². The van der Waals surface area contributed by atoms with Gasteiger partial charge in [0.25, 0.3) is 0 Å². The van der Waals surface area contributed by atoms with Crippen molar-refractivity contribution >= 4 is 17.9 Å². The minimum absolute atomic E-state index is 0.221. The first-order valence-electron chi connectivity index (χ1n) is 31.0. The summed E-state index contributed by atoms with van der Waals surface area (Å²) in [4.78, 5) is 78.7. The SMILES string of the molecule is C/C=C/CCCCCCCCCCCCCCC(=O)OCCn1c(=O)n(CCOC(=O)CCCCCCCCCCCCCC/C=C/C)c(=O)n(CCOC(=O)CCCCCCCCCCCCCC/C=C/C)c1=O. The van der Waals surface area contributed by atoms with Gasteiger partial charge in [-0.2, -0.15) is 0 Å². The van der Waals surface area contributed by atoms with Crippen LogP contribution in [0, 0.1) is 0 Å². The summed E-state index contributed by atoms with van der Waals surface area (Å²) in [6.07, 6.45) is 59.9. The number of esters is 3. The van der Waals surface area contributed by atoms with Gasteiger partial charge in [0, 0.05) is 19.3 Å². The molecule has 1 rings (SSSR count). The zero-order valence-corrected chi connectivity index (χ0v) is 48.4. The molecule has 12 nitrogen and oxygen atoms in total. The number of carbonyl (C=O) groups is 3. The molecule has 0 unspecified atom stereocenters. The Bertz CT molecular complexity index is 1570. The summed E-state index contributed by atoms with van der Waals surface area (Å²) in [6.45, 7) is 4.80. The van der Waals surface area contributed by atoms with Gasteiger partial charge in [0.1, 0.15) is 19.8 Å². The second-order valence-electron chi connectivity index (χ2n) is 21.0. The molecule has 0 atom stereocenters. The highest BCUT2D eigenvalue weighted by Crippen LogP contribution is 2.16. The van der Waals surface area contributed by atoms with Crippen molar-refractivity contribution in [2.75, 3.05) is 19.8 Å². The quantitative estimate of drug-likeness (QED) is 0.0269. The van der Waals surface area contributed by atoms with E-state index in [1.165, 1.54) is 173 Å². The topological polar surface area (TPSA) is 145 Å². The van der Waals surface area contributed by atoms with Crippen LogP contribution in [0.5, 0.6) is 0 Å². The number of rotatable bonds is 54. The molecule has 0 saturated carbocycles. The lowest BCUT2D eigenvalue weighted by Gasteiger charge is -2.14. The van der Waals surface area contributed by atoms with Gasteiger partial charge in [-0.15, -0.1) is 0 Å². The summed E-state index contributed by atoms with van der Waals surface area (Å²) in [5.74, 6) is -1.20. The van der Waals surface area contributed by atoms with Gasteiger partial charge in [-0.1, -0.05) is 229 Å². The Morgan fingerprint density at radius 3 is 0.653 bits per heavy atom. The molecule has 0 aromatic carbocycles. The van der Waals surface area contributed by atoms with Crippen molar-refractivity contribution in [1.29, 1.82) is 0 Å². The largest absolute Gasteiger partial charge is 0.464 e. The summed E-state index contributed by atoms with van der Waals surface area (Å²) < 4.78 is 18.9. The number of allylic oxidation sites excluding steroid dienone is 6. The molecule has 0 aliphatic heterocycles. The Morgan fingerprint density at radius 2 is 0.467 bits per heavy atom. The molecule has 0 fully saturated rings. The third-order valence-electron chi connectivity index (χ3n) is 14.3. The van der Waals surface area contributed by atoms with Crippen molar-refractivity contribution in [3.63, 3.8) is 0 Å². The molecule has 0 saturated heterocycles. The van der Waals surface area contributed by atoms with E-state index in [1.807, 2.05) is 0 Å². The van der Waals surface area contributed by atoms with Crippen LogP contribution in [0.2, 0.25) is 0 Å². The summed E-state index contributed by atoms with van der Waals surface area (Å²) in [5, 5.41) is 0. The third kappa shape index (κ3) is 40.9. The zero-order chi connectivity index (χ0) is 54.5. The van der Waals surface area contributed by atoms with E-state index in [2.05, 4.69) is 57.2 Å². The van der Waals surface area contributed by atoms with E-state index in [1.54, 1.807) is 0 Å². The van der Waals surface area contributed by atoms with Gasteiger partial charge in [0.15, 0.2) is 0 Å². The van der Waals surface area contributed by atoms with Crippen molar-refractivity contribution < 1.29 is 28.6 Å². The molecule has 0 N–H and O–H groups in total. The van der Waals surface area contributed by atoms with E-state index >= 15 is 0 Å². The van der Waals surface area contributed by atoms with Gasteiger partial charge in [-0.3, -0.25) is 14.4 Å². The van der Waals surface area contributed by atoms with Crippen LogP contribution in [0.4, 0.5) is 0 Å². The second-order valence-corrected chi connectivity index (χ2v) is 21.0. The monoisotopic (exact) mass is 1050 g/mol. The average molecular weight is 1050 g/mol. The second kappa shape index (κ2) is 52.1. The van der Waals surface area contributed by atoms with Crippen molar-refractivity contribution in [3.8, 4) is 0 Å². The van der Waals surface area contributed by atoms with Crippen LogP contribution >= 0.6 is 0 Å². The molecule has 1 heterocycles. The predicted molar refractivity (Wildman–Crippen MR) is 310 cm³/mol. The summed E-state index contributed by atoms with van der Waals surface area (Å²) in [5.41, 5.74) is -2.63. The van der Waals surface area contributed by atoms with Gasteiger partial charge in [0.2, 0.25) is 0 Å². The number of ether oxygens (including phenoxy) is 3. The Hall–Kier alpha value is -3.96. The fraction of sp³-hybridized carbons (Fsp3) is 0.810. The van der Waals surface area contributed by atoms with E-state index in [-0.39, 0.29) is 58.7 Å². The van der Waals surface area contributed by atoms with Crippen LogP contribution in [-0.2, 0) is 48.2 Å². The molecule has 0 aliphatic rings. The van der Waals surface area contributed by atoms with Crippen LogP contribution in [0.25, 0.3) is 0 Å². The van der Waals surface area contributed by atoms with Gasteiger partial charge < -0.3 is 14.2 Å². The Balaban J connectivity index is 2.57. The van der Waals surface area contributed by atoms with Crippen LogP contribution < -0.4 is 17.1 Å². The molecule has 1 aromatic heterocycles. The van der Waals surface area contributed by atoms with Crippen LogP contribution in [-0.4, -0.2) is 51.4 Å². The standard InChI is InChI=1S/C63H111N3O9/c1-4-7-10-13-16-19-22-25-28-31-34-37-40-43-46-49-58(67)73-55-52-64-61(70)65(53-56-74-59(68)50-47-44-41-38-35-32-29-26-23-20-17-14-11-8-5-2)63(72)66(62(64)71)54-57-75-60(69)51-48-45-42-39-36-33-30-27-24-21-18-15-12-9-6-3/h4-9H,10-57H2,1-3H3/b7-4+,8-5+,9-6+. The minimum Gasteiger partial charge on any atom is -0.464 e. The molecule has 0 amide bonds. The Labute approximate surface area is 456 Å². The number of aromatic nitrogens is 3. The van der Waals surface area contributed by atoms with E-state index in [9.17, 15) is 28.8 Å². The smallest absolute Gasteiger partial charge is 0.336 e. The van der Waals surface area contributed by atoms with E-state index < -0.39 is 35.0 Å². The van der Waals surface area contributed by atoms with Crippen LogP contribution in [0.15, 0.2) is 50.8 Å². The van der Waals surface area contributed by atoms with Gasteiger partial charge in [-0.05, 0) is 78.6 Å². The highest BCUT2D eigenvalue weighted by Gasteiger charge is 2.18. The minimum atomic E-state index is -0.878. The number of hydrogen-bond acceptors (Lipinski definition) is 9. The van der Waals surface area contributed by atoms with Gasteiger partial charge >= 0.3 is 35.0 Å². The summed E-state index contributed by atoms with van der Waals surface area (Å²) >= 11 is 0. The maximum Gasteiger partial charge on any atom is 0.336 e. The van der Waals surface area contributed by atoms with Crippen molar-refractivity contribution in [2.24, 2.45) is 0 Å². The highest BCUT2D eigenvalue weighted by atomic mass is 16.5. The number of hydrogen-bond donors (Lipinski definition) is 0. The maximum absolute atomic E-state index is 13.6. The van der Waals surface area contributed by atoms with Crippen LogP contribution in [0.3, 0.4) is 0 Å². The number of unbranched alkanes of at least 4 members (excludes halogenated alkanes) is 36. The summed E-state index contributed by atoms with van der Waals surface area (Å²) in [7, 11) is 0. The fourth-order valence-electron chi connectivity index (χ4n) is 9.62. The zero-order valence-electron chi connectivity index (χ0n) is 48.4. The average Bonchev–Trinajstić information content (AvgIpc) is 3.40. The van der Waals surface area contributed by atoms with Crippen molar-refractivity contribution in [1.82, 2.24) is 13.7 Å². The van der Waals surface area contributed by atoms with Crippen molar-refractivity contribution in [3.05, 3.63) is 67.9 Å². The first-order valence-corrected chi connectivity index (χ1v) is 31.0. The number of carbonyl (C=O) groups excluding carboxylic acids is 3. The molecular formula is C63H111N3O9. The lowest BCUT2D eigenvalue weighted by Crippen LogP contribution is -2.55. The Morgan fingerprint density at radius 1 is 0.293 bits per heavy atom. The van der Waals surface area contributed by atoms with E-state index in [0.29, 0.717) is 19.3 Å². The lowest BCUT2D eigenvalue weighted by molar-refractivity contribution is -0.144. The highest BCUT2D eigenvalue weighted by molar-refractivity contribution is 5.69. The van der Waals surface area contributed by atoms with E-state index in [0.717, 1.165) is 71.5 Å².